The zero-order valence-electron chi connectivity index (χ0n) is 12.7. The topological polar surface area (TPSA) is 116 Å². The first-order chi connectivity index (χ1) is 11.1. The Balaban J connectivity index is 2.21. The van der Waals surface area contributed by atoms with Crippen LogP contribution in [-0.4, -0.2) is 40.8 Å². The van der Waals surface area contributed by atoms with Gasteiger partial charge in [-0.25, -0.2) is 5.11 Å². The number of likely N-dealkylation sites (tertiary alicyclic amines) is 1. The number of amidine groups is 1. The largest absolute Gasteiger partial charge is 0.409 e. The van der Waals surface area contributed by atoms with Crippen molar-refractivity contribution in [2.75, 3.05) is 6.54 Å². The number of hydrogen-bond donors (Lipinski definition) is 2. The van der Waals surface area contributed by atoms with E-state index in [9.17, 15) is 14.7 Å². The van der Waals surface area contributed by atoms with Crippen LogP contribution < -0.4 is 5.73 Å². The third-order valence-electron chi connectivity index (χ3n) is 4.05. The van der Waals surface area contributed by atoms with Gasteiger partial charge in [0.05, 0.1) is 12.1 Å². The quantitative estimate of drug-likeness (QED) is 0.279. The molecule has 0 aliphatic carbocycles. The Morgan fingerprint density at radius 1 is 1.39 bits per heavy atom. The van der Waals surface area contributed by atoms with Crippen molar-refractivity contribution in [3.8, 4) is 0 Å². The molecule has 23 heavy (non-hydrogen) atoms. The molecule has 7 heteroatoms. The van der Waals surface area contributed by atoms with Crippen LogP contribution >= 0.6 is 0 Å². The van der Waals surface area contributed by atoms with Crippen molar-refractivity contribution >= 4 is 18.0 Å². The number of piperidine rings is 1. The second-order valence-electron chi connectivity index (χ2n) is 5.56. The van der Waals surface area contributed by atoms with E-state index in [0.29, 0.717) is 24.9 Å². The van der Waals surface area contributed by atoms with Crippen molar-refractivity contribution in [2.45, 2.75) is 37.8 Å². The first-order valence-electron chi connectivity index (χ1n) is 7.53. The molecule has 2 atom stereocenters. The average molecular weight is 318 g/mol. The molecule has 1 saturated heterocycles. The maximum atomic E-state index is 12.3. The normalized spacial score (nSPS) is 22.0. The molecule has 7 nitrogen and oxygen atoms in total. The smallest absolute Gasteiger partial charge is 0.223 e. The third-order valence-corrected chi connectivity index (χ3v) is 4.05. The number of carbonyl (C=O) groups is 2. The van der Waals surface area contributed by atoms with E-state index in [1.165, 1.54) is 0 Å². The van der Waals surface area contributed by atoms with Crippen molar-refractivity contribution in [1.82, 2.24) is 4.90 Å². The summed E-state index contributed by atoms with van der Waals surface area (Å²) in [6, 6.07) is 6.62. The Labute approximate surface area is 134 Å². The molecule has 2 unspecified atom stereocenters. The average Bonchev–Trinajstić information content (AvgIpc) is 2.59. The monoisotopic (exact) mass is 318 g/mol. The van der Waals surface area contributed by atoms with Crippen molar-refractivity contribution in [1.29, 1.82) is 0 Å². The van der Waals surface area contributed by atoms with Gasteiger partial charge in [0.25, 0.3) is 0 Å². The SMILES string of the molecule is N/C(=N/O)c1ccc(C2CC([O])CCN2C(=O)CCC=O)cc1. The molecular weight excluding hydrogens is 298 g/mol. The number of aldehydes is 1. The lowest BCUT2D eigenvalue weighted by atomic mass is 9.92. The van der Waals surface area contributed by atoms with Crippen molar-refractivity contribution in [2.24, 2.45) is 10.9 Å². The Kier molecular flexibility index (Phi) is 5.70. The van der Waals surface area contributed by atoms with Crippen LogP contribution in [0.4, 0.5) is 0 Å². The molecule has 3 N–H and O–H groups in total. The number of hydrogen-bond acceptors (Lipinski definition) is 4. The standard InChI is InChI=1S/C16H20N3O4/c17-16(18-23)12-5-3-11(4-6-12)14-10-13(21)7-8-19(14)15(22)2-1-9-20/h3-6,9,13-14,23H,1-2,7-8,10H2,(H2,17,18). The highest BCUT2D eigenvalue weighted by Crippen LogP contribution is 2.32. The lowest BCUT2D eigenvalue weighted by Crippen LogP contribution is -2.42. The van der Waals surface area contributed by atoms with Crippen LogP contribution in [0.2, 0.25) is 0 Å². The van der Waals surface area contributed by atoms with Crippen molar-refractivity contribution in [3.05, 3.63) is 35.4 Å². The molecule has 0 saturated carbocycles. The summed E-state index contributed by atoms with van der Waals surface area (Å²) in [7, 11) is 0. The van der Waals surface area contributed by atoms with Crippen LogP contribution in [0.5, 0.6) is 0 Å². The van der Waals surface area contributed by atoms with Crippen LogP contribution in [0.1, 0.15) is 42.9 Å². The molecule has 1 radical (unpaired) electrons. The van der Waals surface area contributed by atoms with Gasteiger partial charge in [-0.1, -0.05) is 29.4 Å². The fourth-order valence-electron chi connectivity index (χ4n) is 2.81. The van der Waals surface area contributed by atoms with Crippen LogP contribution in [-0.2, 0) is 14.7 Å². The number of carbonyl (C=O) groups excluding carboxylic acids is 2. The Morgan fingerprint density at radius 3 is 2.70 bits per heavy atom. The lowest BCUT2D eigenvalue weighted by molar-refractivity contribution is -0.138. The molecule has 0 spiro atoms. The number of amides is 1. The molecule has 1 aromatic rings. The molecule has 0 bridgehead atoms. The maximum Gasteiger partial charge on any atom is 0.223 e. The predicted molar refractivity (Wildman–Crippen MR) is 82.4 cm³/mol. The summed E-state index contributed by atoms with van der Waals surface area (Å²) >= 11 is 0. The molecule has 1 aromatic carbocycles. The molecule has 1 amide bonds. The molecule has 1 fully saturated rings. The van der Waals surface area contributed by atoms with E-state index in [0.717, 1.165) is 11.8 Å². The number of nitrogens with zero attached hydrogens (tertiary/aromatic N) is 2. The number of benzene rings is 1. The fourth-order valence-corrected chi connectivity index (χ4v) is 2.81. The molecular formula is C16H20N3O4. The molecule has 1 aliphatic heterocycles. The highest BCUT2D eigenvalue weighted by molar-refractivity contribution is 5.97. The van der Waals surface area contributed by atoms with Gasteiger partial charge in [-0.15, -0.1) is 0 Å². The summed E-state index contributed by atoms with van der Waals surface area (Å²) in [4.78, 5) is 24.4. The number of oxime groups is 1. The van der Waals surface area contributed by atoms with Gasteiger partial charge in [0.1, 0.15) is 6.29 Å². The molecule has 1 aliphatic rings. The molecule has 0 aromatic heterocycles. The Morgan fingerprint density at radius 2 is 2.09 bits per heavy atom. The Bertz CT molecular complexity index is 585. The van der Waals surface area contributed by atoms with E-state index in [1.807, 2.05) is 0 Å². The molecule has 123 valence electrons. The number of rotatable bonds is 5. The minimum absolute atomic E-state index is 0.000751. The fraction of sp³-hybridized carbons (Fsp3) is 0.438. The highest BCUT2D eigenvalue weighted by Gasteiger charge is 2.32. The van der Waals surface area contributed by atoms with E-state index in [-0.39, 0.29) is 30.6 Å². The van der Waals surface area contributed by atoms with Crippen molar-refractivity contribution in [3.63, 3.8) is 0 Å². The van der Waals surface area contributed by atoms with E-state index in [4.69, 9.17) is 10.9 Å². The first-order valence-corrected chi connectivity index (χ1v) is 7.53. The predicted octanol–water partition coefficient (Wildman–Crippen LogP) is 1.22. The Hall–Kier alpha value is -2.41. The van der Waals surface area contributed by atoms with Crippen LogP contribution in [0.25, 0.3) is 0 Å². The van der Waals surface area contributed by atoms with Crippen LogP contribution in [0.15, 0.2) is 29.4 Å². The van der Waals surface area contributed by atoms with Gasteiger partial charge in [-0.05, 0) is 12.0 Å². The van der Waals surface area contributed by atoms with Gasteiger partial charge < -0.3 is 20.6 Å². The minimum atomic E-state index is -0.709. The third kappa shape index (κ3) is 4.07. The summed E-state index contributed by atoms with van der Waals surface area (Å²) in [6.45, 7) is 0.401. The lowest BCUT2D eigenvalue weighted by Gasteiger charge is -2.37. The summed E-state index contributed by atoms with van der Waals surface area (Å²) in [5.74, 6) is -0.115. The van der Waals surface area contributed by atoms with Gasteiger partial charge in [-0.3, -0.25) is 4.79 Å². The van der Waals surface area contributed by atoms with Gasteiger partial charge >= 0.3 is 0 Å². The minimum Gasteiger partial charge on any atom is -0.409 e. The van der Waals surface area contributed by atoms with Crippen molar-refractivity contribution < 1.29 is 19.9 Å². The van der Waals surface area contributed by atoms with Gasteiger partial charge in [-0.2, -0.15) is 0 Å². The van der Waals surface area contributed by atoms with E-state index in [1.54, 1.807) is 29.2 Å². The zero-order chi connectivity index (χ0) is 16.8. The van der Waals surface area contributed by atoms with Gasteiger partial charge in [0.2, 0.25) is 5.91 Å². The summed E-state index contributed by atoms with van der Waals surface area (Å²) in [6.07, 6.45) is 1.12. The van der Waals surface area contributed by atoms with Crippen LogP contribution in [0.3, 0.4) is 0 Å². The maximum absolute atomic E-state index is 12.3. The summed E-state index contributed by atoms with van der Waals surface area (Å²) < 4.78 is 0. The van der Waals surface area contributed by atoms with Gasteiger partial charge in [0.15, 0.2) is 5.84 Å². The first kappa shape index (κ1) is 17.0. The number of nitrogens with two attached hydrogens (primary N) is 1. The van der Waals surface area contributed by atoms with E-state index < -0.39 is 6.10 Å². The van der Waals surface area contributed by atoms with E-state index >= 15 is 0 Å². The zero-order valence-corrected chi connectivity index (χ0v) is 12.7. The summed E-state index contributed by atoms with van der Waals surface area (Å²) in [5.41, 5.74) is 6.92. The van der Waals surface area contributed by atoms with Gasteiger partial charge in [0, 0.05) is 31.4 Å². The second kappa shape index (κ2) is 7.73. The highest BCUT2D eigenvalue weighted by atomic mass is 16.4. The van der Waals surface area contributed by atoms with E-state index in [2.05, 4.69) is 5.16 Å². The second-order valence-corrected chi connectivity index (χ2v) is 5.56. The molecule has 2 rings (SSSR count). The molecule has 1 heterocycles. The van der Waals surface area contributed by atoms with Crippen LogP contribution in [0, 0.1) is 0 Å². The summed E-state index contributed by atoms with van der Waals surface area (Å²) in [5, 5.41) is 23.5.